The van der Waals surface area contributed by atoms with Gasteiger partial charge in [-0.2, -0.15) is 0 Å². The maximum atomic E-state index is 12.3. The van der Waals surface area contributed by atoms with E-state index in [1.54, 1.807) is 19.2 Å². The number of benzene rings is 2. The number of aryl methyl sites for hydroxylation is 3. The molecule has 1 amide bonds. The molecule has 0 aliphatic carbocycles. The Morgan fingerprint density at radius 2 is 1.68 bits per heavy atom. The molecule has 0 heterocycles. The van der Waals surface area contributed by atoms with Gasteiger partial charge in [-0.05, 0) is 67.6 Å². The van der Waals surface area contributed by atoms with E-state index in [9.17, 15) is 13.2 Å². The van der Waals surface area contributed by atoms with E-state index < -0.39 is 10.0 Å². The first-order valence-electron chi connectivity index (χ1n) is 9.14. The van der Waals surface area contributed by atoms with Crippen LogP contribution in [0.15, 0.2) is 42.5 Å². The minimum absolute atomic E-state index is 0.232. The number of carbonyl (C=O) groups is 1. The van der Waals surface area contributed by atoms with Crippen LogP contribution in [-0.4, -0.2) is 40.8 Å². The van der Waals surface area contributed by atoms with Gasteiger partial charge in [-0.25, -0.2) is 8.42 Å². The first-order valence-corrected chi connectivity index (χ1v) is 11.0. The third kappa shape index (κ3) is 6.56. The summed E-state index contributed by atoms with van der Waals surface area (Å²) in [7, 11) is -1.94. The van der Waals surface area contributed by atoms with Gasteiger partial charge < -0.3 is 10.1 Å². The zero-order valence-corrected chi connectivity index (χ0v) is 17.7. The maximum absolute atomic E-state index is 12.3. The summed E-state index contributed by atoms with van der Waals surface area (Å²) in [6.07, 6.45) is 2.69. The number of amides is 1. The predicted molar refractivity (Wildman–Crippen MR) is 112 cm³/mol. The van der Waals surface area contributed by atoms with Crippen LogP contribution in [0.5, 0.6) is 5.75 Å². The lowest BCUT2D eigenvalue weighted by Gasteiger charge is -2.22. The Bertz CT molecular complexity index is 888. The third-order valence-corrected chi connectivity index (χ3v) is 5.45. The summed E-state index contributed by atoms with van der Waals surface area (Å²) >= 11 is 0. The van der Waals surface area contributed by atoms with Crippen molar-refractivity contribution in [3.05, 3.63) is 59.2 Å². The average molecular weight is 405 g/mol. The first-order chi connectivity index (χ1) is 13.2. The largest absolute Gasteiger partial charge is 0.497 e. The van der Waals surface area contributed by atoms with Crippen LogP contribution >= 0.6 is 0 Å². The Balaban J connectivity index is 1.91. The Hall–Kier alpha value is -2.54. The third-order valence-electron chi connectivity index (χ3n) is 4.31. The van der Waals surface area contributed by atoms with Gasteiger partial charge in [-0.15, -0.1) is 0 Å². The van der Waals surface area contributed by atoms with Gasteiger partial charge in [0, 0.05) is 6.54 Å². The molecule has 0 aromatic heterocycles. The van der Waals surface area contributed by atoms with Crippen LogP contribution in [0.25, 0.3) is 0 Å². The molecule has 0 radical (unpaired) electrons. The highest BCUT2D eigenvalue weighted by Crippen LogP contribution is 2.21. The molecule has 28 heavy (non-hydrogen) atoms. The number of ether oxygens (including phenoxy) is 1. The lowest BCUT2D eigenvalue weighted by molar-refractivity contribution is -0.119. The summed E-state index contributed by atoms with van der Waals surface area (Å²) in [6, 6.07) is 13.3. The summed E-state index contributed by atoms with van der Waals surface area (Å²) < 4.78 is 30.7. The number of methoxy groups -OCH3 is 1. The molecule has 2 aromatic carbocycles. The van der Waals surface area contributed by atoms with Crippen LogP contribution < -0.4 is 14.4 Å². The van der Waals surface area contributed by atoms with Crippen LogP contribution in [-0.2, 0) is 21.2 Å². The van der Waals surface area contributed by atoms with Crippen LogP contribution in [0, 0.1) is 13.8 Å². The maximum Gasteiger partial charge on any atom is 0.240 e. The lowest BCUT2D eigenvalue weighted by atomic mass is 10.1. The standard InChI is InChI=1S/C21H28N2O4S/c1-16-12-17(2)14-19(13-16)23(28(4,25)26)15-21(24)22-11-5-6-18-7-9-20(27-3)10-8-18/h7-10,12-14H,5-6,11,15H2,1-4H3,(H,22,24). The van der Waals surface area contributed by atoms with Crippen LogP contribution in [0.3, 0.4) is 0 Å². The second-order valence-corrected chi connectivity index (χ2v) is 8.82. The molecular weight excluding hydrogens is 376 g/mol. The number of rotatable bonds is 9. The Morgan fingerprint density at radius 1 is 1.07 bits per heavy atom. The van der Waals surface area contributed by atoms with Gasteiger partial charge in [0.2, 0.25) is 15.9 Å². The topological polar surface area (TPSA) is 75.7 Å². The first kappa shape index (κ1) is 21.8. The van der Waals surface area contributed by atoms with Crippen molar-refractivity contribution in [1.82, 2.24) is 5.32 Å². The van der Waals surface area contributed by atoms with E-state index in [1.807, 2.05) is 44.2 Å². The van der Waals surface area contributed by atoms with Crippen molar-refractivity contribution in [1.29, 1.82) is 0 Å². The van der Waals surface area contributed by atoms with Crippen molar-refractivity contribution in [2.45, 2.75) is 26.7 Å². The fraction of sp³-hybridized carbons (Fsp3) is 0.381. The highest BCUT2D eigenvalue weighted by Gasteiger charge is 2.21. The van der Waals surface area contributed by atoms with Gasteiger partial charge in [0.25, 0.3) is 0 Å². The molecule has 0 saturated carbocycles. The predicted octanol–water partition coefficient (Wildman–Crippen LogP) is 2.83. The molecule has 2 rings (SSSR count). The molecule has 6 nitrogen and oxygen atoms in total. The normalized spacial score (nSPS) is 11.1. The van der Waals surface area contributed by atoms with Crippen molar-refractivity contribution in [3.63, 3.8) is 0 Å². The monoisotopic (exact) mass is 404 g/mol. The molecule has 1 N–H and O–H groups in total. The fourth-order valence-corrected chi connectivity index (χ4v) is 3.83. The van der Waals surface area contributed by atoms with Crippen LogP contribution in [0.4, 0.5) is 5.69 Å². The van der Waals surface area contributed by atoms with E-state index in [-0.39, 0.29) is 12.5 Å². The smallest absolute Gasteiger partial charge is 0.240 e. The Kier molecular flexibility index (Phi) is 7.45. The van der Waals surface area contributed by atoms with Gasteiger partial charge in [0.1, 0.15) is 12.3 Å². The molecule has 0 aliphatic heterocycles. The molecule has 7 heteroatoms. The van der Waals surface area contributed by atoms with E-state index >= 15 is 0 Å². The van der Waals surface area contributed by atoms with Gasteiger partial charge >= 0.3 is 0 Å². The number of carbonyl (C=O) groups excluding carboxylic acids is 1. The quantitative estimate of drug-likeness (QED) is 0.652. The molecule has 2 aromatic rings. The SMILES string of the molecule is COc1ccc(CCCNC(=O)CN(c2cc(C)cc(C)c2)S(C)(=O)=O)cc1. The number of nitrogens with one attached hydrogen (secondary N) is 1. The van der Waals surface area contributed by atoms with E-state index in [0.29, 0.717) is 12.2 Å². The molecule has 0 aliphatic rings. The van der Waals surface area contributed by atoms with Gasteiger partial charge in [0.05, 0.1) is 19.1 Å². The number of hydrogen-bond acceptors (Lipinski definition) is 4. The minimum atomic E-state index is -3.57. The Labute approximate surface area is 167 Å². The zero-order valence-electron chi connectivity index (χ0n) is 16.9. The molecule has 0 bridgehead atoms. The van der Waals surface area contributed by atoms with Crippen molar-refractivity contribution in [2.75, 3.05) is 30.8 Å². The van der Waals surface area contributed by atoms with Crippen molar-refractivity contribution < 1.29 is 17.9 Å². The Morgan fingerprint density at radius 3 is 2.21 bits per heavy atom. The number of sulfonamides is 1. The zero-order chi connectivity index (χ0) is 20.7. The van der Waals surface area contributed by atoms with Gasteiger partial charge in [0.15, 0.2) is 0 Å². The summed E-state index contributed by atoms with van der Waals surface area (Å²) in [5, 5.41) is 2.81. The minimum Gasteiger partial charge on any atom is -0.497 e. The highest BCUT2D eigenvalue weighted by molar-refractivity contribution is 7.92. The lowest BCUT2D eigenvalue weighted by Crippen LogP contribution is -2.40. The molecule has 0 unspecified atom stereocenters. The second-order valence-electron chi connectivity index (χ2n) is 6.92. The van der Waals surface area contributed by atoms with Crippen molar-refractivity contribution >= 4 is 21.6 Å². The molecule has 0 spiro atoms. The highest BCUT2D eigenvalue weighted by atomic mass is 32.2. The van der Waals surface area contributed by atoms with Gasteiger partial charge in [-0.1, -0.05) is 18.2 Å². The van der Waals surface area contributed by atoms with Crippen molar-refractivity contribution in [2.24, 2.45) is 0 Å². The number of anilines is 1. The van der Waals surface area contributed by atoms with E-state index in [0.717, 1.165) is 45.8 Å². The summed E-state index contributed by atoms with van der Waals surface area (Å²) in [4.78, 5) is 12.3. The average Bonchev–Trinajstić information content (AvgIpc) is 2.62. The molecule has 0 fully saturated rings. The van der Waals surface area contributed by atoms with Crippen LogP contribution in [0.2, 0.25) is 0 Å². The number of hydrogen-bond donors (Lipinski definition) is 1. The van der Waals surface area contributed by atoms with Crippen LogP contribution in [0.1, 0.15) is 23.1 Å². The summed E-state index contributed by atoms with van der Waals surface area (Å²) in [5.74, 6) is 0.489. The van der Waals surface area contributed by atoms with E-state index in [1.165, 1.54) is 0 Å². The second kappa shape index (κ2) is 9.59. The molecular formula is C21H28N2O4S. The fourth-order valence-electron chi connectivity index (χ4n) is 2.99. The summed E-state index contributed by atoms with van der Waals surface area (Å²) in [6.45, 7) is 4.05. The molecule has 0 saturated heterocycles. The van der Waals surface area contributed by atoms with E-state index in [4.69, 9.17) is 4.74 Å². The van der Waals surface area contributed by atoms with Gasteiger partial charge in [-0.3, -0.25) is 9.10 Å². The number of nitrogens with zero attached hydrogens (tertiary/aromatic N) is 1. The molecule has 152 valence electrons. The summed E-state index contributed by atoms with van der Waals surface area (Å²) in [5.41, 5.74) is 3.56. The molecule has 0 atom stereocenters. The van der Waals surface area contributed by atoms with E-state index in [2.05, 4.69) is 5.32 Å². The van der Waals surface area contributed by atoms with Crippen molar-refractivity contribution in [3.8, 4) is 5.75 Å².